The van der Waals surface area contributed by atoms with E-state index in [1.54, 1.807) is 24.5 Å². The lowest BCUT2D eigenvalue weighted by Gasteiger charge is -2.21. The van der Waals surface area contributed by atoms with Crippen molar-refractivity contribution in [3.8, 4) is 11.5 Å². The molecule has 2 N–H and O–H groups in total. The fourth-order valence-electron chi connectivity index (χ4n) is 2.73. The van der Waals surface area contributed by atoms with Crippen molar-refractivity contribution in [3.63, 3.8) is 0 Å². The van der Waals surface area contributed by atoms with Crippen molar-refractivity contribution in [1.82, 2.24) is 4.90 Å². The van der Waals surface area contributed by atoms with Gasteiger partial charge in [0.1, 0.15) is 11.6 Å². The Bertz CT molecular complexity index is 957. The normalized spacial score (nSPS) is 14.8. The molecule has 0 atom stereocenters. The number of benzene rings is 2. The molecule has 2 aliphatic heterocycles. The van der Waals surface area contributed by atoms with Crippen LogP contribution in [0.25, 0.3) is 0 Å². The van der Waals surface area contributed by atoms with E-state index in [1.165, 1.54) is 0 Å². The number of hydrogen-bond acceptors (Lipinski definition) is 7. The molecule has 4 rings (SSSR count). The molecule has 0 fully saturated rings. The first-order valence-corrected chi connectivity index (χ1v) is 7.44. The van der Waals surface area contributed by atoms with Gasteiger partial charge in [-0.3, -0.25) is 15.1 Å². The molecule has 8 nitrogen and oxygen atoms in total. The molecule has 0 amide bonds. The summed E-state index contributed by atoms with van der Waals surface area (Å²) in [5, 5.41) is 11.1. The molecule has 0 aliphatic carbocycles. The van der Waals surface area contributed by atoms with Crippen LogP contribution in [0.15, 0.2) is 40.3 Å². The summed E-state index contributed by atoms with van der Waals surface area (Å²) in [6.45, 7) is 1.39. The van der Waals surface area contributed by atoms with E-state index >= 15 is 0 Å². The van der Waals surface area contributed by atoms with E-state index in [-0.39, 0.29) is 11.4 Å². The minimum Gasteiger partial charge on any atom is -0.447 e. The molecule has 0 aromatic heterocycles. The first-order valence-electron chi connectivity index (χ1n) is 7.44. The summed E-state index contributed by atoms with van der Waals surface area (Å²) in [5.41, 5.74) is 6.20. The quantitative estimate of drug-likeness (QED) is 0.525. The zero-order chi connectivity index (χ0) is 17.6. The Balaban J connectivity index is 1.76. The highest BCUT2D eigenvalue weighted by Crippen LogP contribution is 2.38. The average molecular weight is 341 g/mol. The standard InChI is InChI=1S/C16H12FN5O3/c17-14-11(18)2-4-13(22(23)24)15(14)25-9-1-3-12-10(7-9)16-19-5-6-21(16)8-20-12/h1-4,7-8H,5-6,18H2. The van der Waals surface area contributed by atoms with Crippen molar-refractivity contribution < 1.29 is 14.1 Å². The molecule has 2 aromatic carbocycles. The number of nitro benzene ring substituents is 1. The van der Waals surface area contributed by atoms with Crippen LogP contribution in [-0.4, -0.2) is 35.1 Å². The van der Waals surface area contributed by atoms with Crippen molar-refractivity contribution >= 4 is 29.2 Å². The van der Waals surface area contributed by atoms with Gasteiger partial charge in [-0.25, -0.2) is 9.38 Å². The molecule has 2 aliphatic rings. The zero-order valence-electron chi connectivity index (χ0n) is 12.8. The lowest BCUT2D eigenvalue weighted by molar-refractivity contribution is -0.385. The van der Waals surface area contributed by atoms with Gasteiger partial charge in [-0.2, -0.15) is 0 Å². The van der Waals surface area contributed by atoms with Crippen molar-refractivity contribution in [2.75, 3.05) is 18.8 Å². The molecule has 9 heteroatoms. The molecule has 0 saturated heterocycles. The summed E-state index contributed by atoms with van der Waals surface area (Å²) in [6.07, 6.45) is 1.71. The molecule has 25 heavy (non-hydrogen) atoms. The maximum absolute atomic E-state index is 14.3. The molecular formula is C16H12FN5O3. The number of nitro groups is 1. The third-order valence-electron chi connectivity index (χ3n) is 3.94. The van der Waals surface area contributed by atoms with Gasteiger partial charge >= 0.3 is 5.69 Å². The third-order valence-corrected chi connectivity index (χ3v) is 3.94. The molecule has 126 valence electrons. The van der Waals surface area contributed by atoms with Gasteiger partial charge in [0.25, 0.3) is 0 Å². The molecule has 0 radical (unpaired) electrons. The smallest absolute Gasteiger partial charge is 0.314 e. The molecule has 2 heterocycles. The number of halogens is 1. The molecule has 2 aromatic rings. The van der Waals surface area contributed by atoms with Gasteiger partial charge in [0, 0.05) is 18.2 Å². The maximum atomic E-state index is 14.3. The summed E-state index contributed by atoms with van der Waals surface area (Å²) in [5.74, 6) is -0.504. The predicted molar refractivity (Wildman–Crippen MR) is 90.2 cm³/mol. The Morgan fingerprint density at radius 2 is 2.16 bits per heavy atom. The molecule has 0 spiro atoms. The Kier molecular flexibility index (Phi) is 3.34. The molecule has 0 saturated carbocycles. The van der Waals surface area contributed by atoms with Crippen LogP contribution in [0.5, 0.6) is 11.5 Å². The van der Waals surface area contributed by atoms with Crippen LogP contribution in [0.2, 0.25) is 0 Å². The van der Waals surface area contributed by atoms with Crippen LogP contribution in [0.4, 0.5) is 21.5 Å². The number of hydrogen-bond donors (Lipinski definition) is 1. The number of nitrogens with zero attached hydrogens (tertiary/aromatic N) is 4. The first kappa shape index (κ1) is 15.1. The number of amidine groups is 1. The van der Waals surface area contributed by atoms with Gasteiger partial charge in [0.05, 0.1) is 29.2 Å². The monoisotopic (exact) mass is 341 g/mol. The summed E-state index contributed by atoms with van der Waals surface area (Å²) in [7, 11) is 0. The van der Waals surface area contributed by atoms with E-state index in [9.17, 15) is 14.5 Å². The van der Waals surface area contributed by atoms with Gasteiger partial charge in [0.2, 0.25) is 5.75 Å². The van der Waals surface area contributed by atoms with Crippen molar-refractivity contribution in [2.45, 2.75) is 0 Å². The van der Waals surface area contributed by atoms with E-state index in [1.807, 2.05) is 4.90 Å². The summed E-state index contributed by atoms with van der Waals surface area (Å²) < 4.78 is 19.7. The van der Waals surface area contributed by atoms with Gasteiger partial charge in [0.15, 0.2) is 5.82 Å². The second-order valence-electron chi connectivity index (χ2n) is 5.50. The van der Waals surface area contributed by atoms with Gasteiger partial charge in [-0.1, -0.05) is 0 Å². The first-order chi connectivity index (χ1) is 12.0. The highest BCUT2D eigenvalue weighted by atomic mass is 19.1. The largest absolute Gasteiger partial charge is 0.447 e. The van der Waals surface area contributed by atoms with Crippen LogP contribution in [0.1, 0.15) is 5.56 Å². The summed E-state index contributed by atoms with van der Waals surface area (Å²) in [6, 6.07) is 7.13. The SMILES string of the molecule is Nc1ccc([N+](=O)[O-])c(Oc2ccc3c(c2)C2=NCCN2C=N3)c1F. The van der Waals surface area contributed by atoms with E-state index < -0.39 is 22.2 Å². The number of rotatable bonds is 3. The lowest BCUT2D eigenvalue weighted by Crippen LogP contribution is -2.29. The Morgan fingerprint density at radius 3 is 2.96 bits per heavy atom. The number of aliphatic imine (C=N–C) groups is 2. The highest BCUT2D eigenvalue weighted by Gasteiger charge is 2.26. The molecule has 0 unspecified atom stereocenters. The summed E-state index contributed by atoms with van der Waals surface area (Å²) in [4.78, 5) is 21.1. The van der Waals surface area contributed by atoms with Crippen LogP contribution < -0.4 is 10.5 Å². The Labute approximate surface area is 141 Å². The number of anilines is 1. The predicted octanol–water partition coefficient (Wildman–Crippen LogP) is 2.84. The van der Waals surface area contributed by atoms with E-state index in [0.717, 1.165) is 30.1 Å². The number of nitrogen functional groups attached to an aromatic ring is 1. The van der Waals surface area contributed by atoms with Crippen LogP contribution in [0, 0.1) is 15.9 Å². The average Bonchev–Trinajstić information content (AvgIpc) is 3.08. The van der Waals surface area contributed by atoms with E-state index in [2.05, 4.69) is 9.98 Å². The number of fused-ring (bicyclic) bond motifs is 3. The van der Waals surface area contributed by atoms with E-state index in [4.69, 9.17) is 10.5 Å². The molecule has 0 bridgehead atoms. The number of nitrogens with two attached hydrogens (primary N) is 1. The fraction of sp³-hybridized carbons (Fsp3) is 0.125. The summed E-state index contributed by atoms with van der Waals surface area (Å²) >= 11 is 0. The zero-order valence-corrected chi connectivity index (χ0v) is 12.8. The van der Waals surface area contributed by atoms with Crippen LogP contribution in [-0.2, 0) is 0 Å². The van der Waals surface area contributed by atoms with Crippen molar-refractivity contribution in [1.29, 1.82) is 0 Å². The van der Waals surface area contributed by atoms with Gasteiger partial charge in [-0.05, 0) is 24.3 Å². The van der Waals surface area contributed by atoms with E-state index in [0.29, 0.717) is 12.2 Å². The van der Waals surface area contributed by atoms with Crippen molar-refractivity contribution in [3.05, 3.63) is 51.8 Å². The second kappa shape index (κ2) is 5.55. The third kappa shape index (κ3) is 2.45. The Morgan fingerprint density at radius 1 is 1.32 bits per heavy atom. The maximum Gasteiger partial charge on any atom is 0.314 e. The van der Waals surface area contributed by atoms with Gasteiger partial charge in [-0.15, -0.1) is 0 Å². The minimum absolute atomic E-state index is 0.227. The topological polar surface area (TPSA) is 106 Å². The fourth-order valence-corrected chi connectivity index (χ4v) is 2.73. The van der Waals surface area contributed by atoms with Crippen LogP contribution >= 0.6 is 0 Å². The lowest BCUT2D eigenvalue weighted by atomic mass is 10.1. The minimum atomic E-state index is -0.968. The van der Waals surface area contributed by atoms with Crippen LogP contribution in [0.3, 0.4) is 0 Å². The number of ether oxygens (including phenoxy) is 1. The molecular weight excluding hydrogens is 329 g/mol. The Hall–Kier alpha value is -3.49. The van der Waals surface area contributed by atoms with Gasteiger partial charge < -0.3 is 15.4 Å². The highest BCUT2D eigenvalue weighted by molar-refractivity contribution is 6.11. The van der Waals surface area contributed by atoms with Crippen molar-refractivity contribution in [2.24, 2.45) is 9.98 Å². The second-order valence-corrected chi connectivity index (χ2v) is 5.50.